The molecular formula is C22H20N6O. The SMILES string of the molecule is Nc1ncc(-c2ccc(CNC(=O)Cc3ncc(-c4ccccc4)cn3)cc2)[nH]1. The second-order valence-electron chi connectivity index (χ2n) is 6.59. The summed E-state index contributed by atoms with van der Waals surface area (Å²) in [5.74, 6) is 0.757. The highest BCUT2D eigenvalue weighted by Crippen LogP contribution is 2.18. The summed E-state index contributed by atoms with van der Waals surface area (Å²) in [4.78, 5) is 27.8. The molecule has 0 fully saturated rings. The number of nitrogens with one attached hydrogen (secondary N) is 2. The van der Waals surface area contributed by atoms with Crippen LogP contribution in [0.15, 0.2) is 73.2 Å². The van der Waals surface area contributed by atoms with Crippen LogP contribution in [0.25, 0.3) is 22.4 Å². The number of aromatic amines is 1. The van der Waals surface area contributed by atoms with Crippen molar-refractivity contribution in [3.8, 4) is 22.4 Å². The van der Waals surface area contributed by atoms with Gasteiger partial charge in [0.25, 0.3) is 0 Å². The summed E-state index contributed by atoms with van der Waals surface area (Å²) in [5.41, 5.74) is 10.4. The van der Waals surface area contributed by atoms with Gasteiger partial charge in [-0.2, -0.15) is 0 Å². The molecule has 4 rings (SSSR count). The lowest BCUT2D eigenvalue weighted by Crippen LogP contribution is -2.25. The van der Waals surface area contributed by atoms with Crippen LogP contribution in [-0.4, -0.2) is 25.8 Å². The van der Waals surface area contributed by atoms with E-state index in [9.17, 15) is 4.79 Å². The lowest BCUT2D eigenvalue weighted by molar-refractivity contribution is -0.120. The molecule has 4 aromatic rings. The fraction of sp³-hybridized carbons (Fsp3) is 0.0909. The van der Waals surface area contributed by atoms with Gasteiger partial charge >= 0.3 is 0 Å². The zero-order chi connectivity index (χ0) is 20.1. The van der Waals surface area contributed by atoms with Crippen LogP contribution in [0.4, 0.5) is 5.95 Å². The lowest BCUT2D eigenvalue weighted by Gasteiger charge is -2.06. The maximum Gasteiger partial charge on any atom is 0.227 e. The summed E-state index contributed by atoms with van der Waals surface area (Å²) >= 11 is 0. The predicted molar refractivity (Wildman–Crippen MR) is 111 cm³/mol. The quantitative estimate of drug-likeness (QED) is 0.473. The van der Waals surface area contributed by atoms with Crippen LogP contribution in [0.2, 0.25) is 0 Å². The summed E-state index contributed by atoms with van der Waals surface area (Å²) in [6, 6.07) is 17.7. The number of H-pyrrole nitrogens is 1. The van der Waals surface area contributed by atoms with Crippen molar-refractivity contribution in [1.82, 2.24) is 25.3 Å². The molecular weight excluding hydrogens is 364 g/mol. The van der Waals surface area contributed by atoms with E-state index in [1.54, 1.807) is 18.6 Å². The van der Waals surface area contributed by atoms with Crippen molar-refractivity contribution in [1.29, 1.82) is 0 Å². The molecule has 0 unspecified atom stereocenters. The van der Waals surface area contributed by atoms with E-state index in [0.29, 0.717) is 18.3 Å². The van der Waals surface area contributed by atoms with Gasteiger partial charge in [-0.15, -0.1) is 0 Å². The maximum absolute atomic E-state index is 12.2. The van der Waals surface area contributed by atoms with Crippen LogP contribution in [0.5, 0.6) is 0 Å². The average molecular weight is 384 g/mol. The first kappa shape index (κ1) is 18.4. The molecule has 29 heavy (non-hydrogen) atoms. The molecule has 2 aromatic heterocycles. The second-order valence-corrected chi connectivity index (χ2v) is 6.59. The van der Waals surface area contributed by atoms with Gasteiger partial charge in [0.2, 0.25) is 5.91 Å². The number of carbonyl (C=O) groups is 1. The van der Waals surface area contributed by atoms with Crippen molar-refractivity contribution in [3.05, 3.63) is 84.6 Å². The minimum absolute atomic E-state index is 0.122. The van der Waals surface area contributed by atoms with Crippen LogP contribution in [0, 0.1) is 0 Å². The summed E-state index contributed by atoms with van der Waals surface area (Å²) in [5, 5.41) is 2.90. The third-order valence-electron chi connectivity index (χ3n) is 4.48. The van der Waals surface area contributed by atoms with Crippen LogP contribution >= 0.6 is 0 Å². The summed E-state index contributed by atoms with van der Waals surface area (Å²) < 4.78 is 0. The highest BCUT2D eigenvalue weighted by atomic mass is 16.1. The van der Waals surface area contributed by atoms with Crippen LogP contribution < -0.4 is 11.1 Å². The van der Waals surface area contributed by atoms with Crippen LogP contribution in [0.1, 0.15) is 11.4 Å². The molecule has 0 bridgehead atoms. The van der Waals surface area contributed by atoms with Crippen molar-refractivity contribution < 1.29 is 4.79 Å². The monoisotopic (exact) mass is 384 g/mol. The number of anilines is 1. The average Bonchev–Trinajstić information content (AvgIpc) is 3.20. The van der Waals surface area contributed by atoms with E-state index >= 15 is 0 Å². The molecule has 0 aliphatic carbocycles. The number of hydrogen-bond donors (Lipinski definition) is 3. The molecule has 1 amide bonds. The number of imidazole rings is 1. The minimum Gasteiger partial charge on any atom is -0.369 e. The Morgan fingerprint density at radius 1 is 0.862 bits per heavy atom. The molecule has 0 saturated carbocycles. The first-order chi connectivity index (χ1) is 14.2. The largest absolute Gasteiger partial charge is 0.369 e. The topological polar surface area (TPSA) is 110 Å². The molecule has 7 heteroatoms. The highest BCUT2D eigenvalue weighted by Gasteiger charge is 2.07. The van der Waals surface area contributed by atoms with Gasteiger partial charge in [-0.1, -0.05) is 54.6 Å². The summed E-state index contributed by atoms with van der Waals surface area (Å²) in [7, 11) is 0. The van der Waals surface area contributed by atoms with Gasteiger partial charge in [0.05, 0.1) is 18.3 Å². The van der Waals surface area contributed by atoms with Crippen molar-refractivity contribution in [2.45, 2.75) is 13.0 Å². The molecule has 2 aromatic carbocycles. The number of benzene rings is 2. The Hall–Kier alpha value is -4.00. The smallest absolute Gasteiger partial charge is 0.227 e. The Morgan fingerprint density at radius 3 is 2.24 bits per heavy atom. The molecule has 0 saturated heterocycles. The standard InChI is InChI=1S/C22H20N6O/c23-22-27-14-19(28-22)17-8-6-15(7-9-17)11-26-21(29)10-20-24-12-18(13-25-20)16-4-2-1-3-5-16/h1-9,12-14H,10-11H2,(H,26,29)(H3,23,27,28). The Balaban J connectivity index is 1.31. The third kappa shape index (κ3) is 4.65. The molecule has 144 valence electrons. The zero-order valence-corrected chi connectivity index (χ0v) is 15.7. The maximum atomic E-state index is 12.2. The summed E-state index contributed by atoms with van der Waals surface area (Å²) in [6.45, 7) is 0.437. The lowest BCUT2D eigenvalue weighted by atomic mass is 10.1. The number of rotatable bonds is 6. The van der Waals surface area contributed by atoms with E-state index < -0.39 is 0 Å². The predicted octanol–water partition coefficient (Wildman–Crippen LogP) is 2.97. The number of amides is 1. The fourth-order valence-corrected chi connectivity index (χ4v) is 2.92. The molecule has 0 aliphatic rings. The Bertz CT molecular complexity index is 1090. The van der Waals surface area contributed by atoms with E-state index in [1.165, 1.54) is 0 Å². The molecule has 0 aliphatic heterocycles. The van der Waals surface area contributed by atoms with E-state index in [2.05, 4.69) is 25.3 Å². The first-order valence-electron chi connectivity index (χ1n) is 9.20. The van der Waals surface area contributed by atoms with Gasteiger partial charge in [-0.3, -0.25) is 4.79 Å². The van der Waals surface area contributed by atoms with Crippen molar-refractivity contribution in [3.63, 3.8) is 0 Å². The second kappa shape index (κ2) is 8.35. The van der Waals surface area contributed by atoms with Gasteiger partial charge in [0.1, 0.15) is 5.82 Å². The number of aromatic nitrogens is 4. The molecule has 0 radical (unpaired) electrons. The van der Waals surface area contributed by atoms with Gasteiger partial charge in [-0.05, 0) is 16.7 Å². The minimum atomic E-state index is -0.122. The van der Waals surface area contributed by atoms with Gasteiger partial charge in [0.15, 0.2) is 5.95 Å². The Kier molecular flexibility index (Phi) is 5.29. The highest BCUT2D eigenvalue weighted by molar-refractivity contribution is 5.77. The Morgan fingerprint density at radius 2 is 1.59 bits per heavy atom. The number of nitrogens with two attached hydrogens (primary N) is 1. The van der Waals surface area contributed by atoms with Gasteiger partial charge in [-0.25, -0.2) is 15.0 Å². The molecule has 0 spiro atoms. The third-order valence-corrected chi connectivity index (χ3v) is 4.48. The number of carbonyl (C=O) groups excluding carboxylic acids is 1. The summed E-state index contributed by atoms with van der Waals surface area (Å²) in [6.07, 6.45) is 5.31. The number of nitrogen functional groups attached to an aromatic ring is 1. The molecule has 0 atom stereocenters. The normalized spacial score (nSPS) is 10.6. The number of nitrogens with zero attached hydrogens (tertiary/aromatic N) is 3. The van der Waals surface area contributed by atoms with Crippen LogP contribution in [-0.2, 0) is 17.8 Å². The van der Waals surface area contributed by atoms with Gasteiger partial charge in [0, 0.05) is 24.5 Å². The molecule has 7 nitrogen and oxygen atoms in total. The van der Waals surface area contributed by atoms with Gasteiger partial charge < -0.3 is 16.0 Å². The number of hydrogen-bond acceptors (Lipinski definition) is 5. The van der Waals surface area contributed by atoms with Crippen molar-refractivity contribution in [2.75, 3.05) is 5.73 Å². The van der Waals surface area contributed by atoms with E-state index in [4.69, 9.17) is 5.73 Å². The fourth-order valence-electron chi connectivity index (χ4n) is 2.92. The van der Waals surface area contributed by atoms with E-state index in [0.717, 1.165) is 27.9 Å². The van der Waals surface area contributed by atoms with E-state index in [1.807, 2.05) is 54.6 Å². The molecule has 4 N–H and O–H groups in total. The first-order valence-corrected chi connectivity index (χ1v) is 9.20. The zero-order valence-electron chi connectivity index (χ0n) is 15.7. The molecule has 2 heterocycles. The van der Waals surface area contributed by atoms with Crippen molar-refractivity contribution in [2.24, 2.45) is 0 Å². The van der Waals surface area contributed by atoms with Crippen LogP contribution in [0.3, 0.4) is 0 Å². The Labute approximate surface area is 168 Å². The van der Waals surface area contributed by atoms with Crippen molar-refractivity contribution >= 4 is 11.9 Å². The van der Waals surface area contributed by atoms with E-state index in [-0.39, 0.29) is 12.3 Å².